The molecule has 0 N–H and O–H groups in total. The summed E-state index contributed by atoms with van der Waals surface area (Å²) in [6.45, 7) is 10.6. The van der Waals surface area contributed by atoms with E-state index in [0.29, 0.717) is 11.8 Å². The van der Waals surface area contributed by atoms with Gasteiger partial charge in [-0.05, 0) is 48.7 Å². The number of hydrogen-bond acceptors (Lipinski definition) is 2. The summed E-state index contributed by atoms with van der Waals surface area (Å²) in [4.78, 5) is 4.62. The van der Waals surface area contributed by atoms with Gasteiger partial charge in [0.1, 0.15) is 5.75 Å². The number of benzene rings is 1. The lowest BCUT2D eigenvalue weighted by molar-refractivity contribution is 0.450. The predicted octanol–water partition coefficient (Wildman–Crippen LogP) is 5.53. The third kappa shape index (κ3) is 3.98. The molecule has 2 aromatic rings. The Morgan fingerprint density at radius 3 is 2.33 bits per heavy atom. The molecule has 0 saturated carbocycles. The molecule has 1 aromatic heterocycles. The Hall–Kier alpha value is -1.54. The molecule has 0 aliphatic rings. The minimum absolute atomic E-state index is 0.0383. The first-order valence-corrected chi connectivity index (χ1v) is 7.65. The summed E-state index contributed by atoms with van der Waals surface area (Å²) in [5.74, 6) is 1.85. The minimum Gasteiger partial charge on any atom is -0.439 e. The molecule has 1 aromatic carbocycles. The SMILES string of the molecule is Cc1ccc(Oc2cc(CCl)cc(C(C)(C)C)n2)cc1C. The maximum absolute atomic E-state index is 5.99. The monoisotopic (exact) mass is 303 g/mol. The predicted molar refractivity (Wildman–Crippen MR) is 88.5 cm³/mol. The second-order valence-corrected chi connectivity index (χ2v) is 6.70. The van der Waals surface area contributed by atoms with Crippen LogP contribution in [0, 0.1) is 13.8 Å². The van der Waals surface area contributed by atoms with E-state index < -0.39 is 0 Å². The molecule has 2 rings (SSSR count). The molecule has 0 aliphatic heterocycles. The van der Waals surface area contributed by atoms with E-state index in [-0.39, 0.29) is 5.41 Å². The fraction of sp³-hybridized carbons (Fsp3) is 0.389. The van der Waals surface area contributed by atoms with E-state index in [9.17, 15) is 0 Å². The number of nitrogens with zero attached hydrogens (tertiary/aromatic N) is 1. The third-order valence-corrected chi connectivity index (χ3v) is 3.79. The topological polar surface area (TPSA) is 22.1 Å². The van der Waals surface area contributed by atoms with Crippen molar-refractivity contribution < 1.29 is 4.74 Å². The van der Waals surface area contributed by atoms with Crippen LogP contribution in [0.5, 0.6) is 11.6 Å². The van der Waals surface area contributed by atoms with E-state index in [4.69, 9.17) is 16.3 Å². The Morgan fingerprint density at radius 2 is 1.76 bits per heavy atom. The minimum atomic E-state index is -0.0383. The summed E-state index contributed by atoms with van der Waals surface area (Å²) in [7, 11) is 0. The van der Waals surface area contributed by atoms with Crippen LogP contribution in [-0.2, 0) is 11.3 Å². The molecule has 0 fully saturated rings. The number of pyridine rings is 1. The van der Waals surface area contributed by atoms with Gasteiger partial charge in [-0.2, -0.15) is 0 Å². The van der Waals surface area contributed by atoms with E-state index in [1.54, 1.807) is 0 Å². The molecule has 3 heteroatoms. The van der Waals surface area contributed by atoms with Crippen LogP contribution >= 0.6 is 11.6 Å². The zero-order chi connectivity index (χ0) is 15.6. The second-order valence-electron chi connectivity index (χ2n) is 6.43. The van der Waals surface area contributed by atoms with Crippen LogP contribution < -0.4 is 4.74 Å². The number of alkyl halides is 1. The number of aryl methyl sites for hydroxylation is 2. The van der Waals surface area contributed by atoms with Gasteiger partial charge in [-0.15, -0.1) is 11.6 Å². The van der Waals surface area contributed by atoms with Gasteiger partial charge in [0, 0.05) is 17.4 Å². The van der Waals surface area contributed by atoms with Gasteiger partial charge in [-0.3, -0.25) is 0 Å². The summed E-state index contributed by atoms with van der Waals surface area (Å²) in [6.07, 6.45) is 0. The number of halogens is 1. The third-order valence-electron chi connectivity index (χ3n) is 3.49. The average molecular weight is 304 g/mol. The zero-order valence-electron chi connectivity index (χ0n) is 13.3. The summed E-state index contributed by atoms with van der Waals surface area (Å²) < 4.78 is 5.92. The summed E-state index contributed by atoms with van der Waals surface area (Å²) in [5, 5.41) is 0. The Morgan fingerprint density at radius 1 is 1.05 bits per heavy atom. The fourth-order valence-electron chi connectivity index (χ4n) is 1.97. The molecule has 2 nitrogen and oxygen atoms in total. The molecule has 0 saturated heterocycles. The van der Waals surface area contributed by atoms with Crippen molar-refractivity contribution in [2.24, 2.45) is 0 Å². The number of aromatic nitrogens is 1. The summed E-state index contributed by atoms with van der Waals surface area (Å²) in [5.41, 5.74) is 4.43. The lowest BCUT2D eigenvalue weighted by Crippen LogP contribution is -2.14. The molecule has 112 valence electrons. The van der Waals surface area contributed by atoms with E-state index in [2.05, 4.69) is 45.7 Å². The van der Waals surface area contributed by atoms with Crippen molar-refractivity contribution in [2.45, 2.75) is 45.9 Å². The van der Waals surface area contributed by atoms with Crippen molar-refractivity contribution in [1.82, 2.24) is 4.98 Å². The highest BCUT2D eigenvalue weighted by atomic mass is 35.5. The zero-order valence-corrected chi connectivity index (χ0v) is 14.1. The van der Waals surface area contributed by atoms with E-state index in [1.807, 2.05) is 24.3 Å². The van der Waals surface area contributed by atoms with Crippen LogP contribution in [0.4, 0.5) is 0 Å². The van der Waals surface area contributed by atoms with Crippen molar-refractivity contribution in [3.05, 3.63) is 52.7 Å². The van der Waals surface area contributed by atoms with Gasteiger partial charge in [-0.25, -0.2) is 4.98 Å². The Balaban J connectivity index is 2.36. The highest BCUT2D eigenvalue weighted by Gasteiger charge is 2.17. The quantitative estimate of drug-likeness (QED) is 0.696. The van der Waals surface area contributed by atoms with Crippen molar-refractivity contribution in [2.75, 3.05) is 0 Å². The highest BCUT2D eigenvalue weighted by Crippen LogP contribution is 2.28. The first kappa shape index (κ1) is 15.8. The van der Waals surface area contributed by atoms with Gasteiger partial charge < -0.3 is 4.74 Å². The molecule has 0 bridgehead atoms. The van der Waals surface area contributed by atoms with Gasteiger partial charge in [0.2, 0.25) is 5.88 Å². The second kappa shape index (κ2) is 6.07. The molecule has 0 spiro atoms. The molecule has 0 radical (unpaired) electrons. The maximum Gasteiger partial charge on any atom is 0.219 e. The van der Waals surface area contributed by atoms with Crippen molar-refractivity contribution >= 4 is 11.6 Å². The van der Waals surface area contributed by atoms with Crippen LogP contribution in [0.15, 0.2) is 30.3 Å². The van der Waals surface area contributed by atoms with Crippen molar-refractivity contribution in [1.29, 1.82) is 0 Å². The van der Waals surface area contributed by atoms with Crippen LogP contribution in [0.3, 0.4) is 0 Å². The van der Waals surface area contributed by atoms with Gasteiger partial charge in [0.05, 0.1) is 5.69 Å². The lowest BCUT2D eigenvalue weighted by atomic mass is 9.91. The first-order chi connectivity index (χ1) is 9.79. The van der Waals surface area contributed by atoms with E-state index in [0.717, 1.165) is 17.0 Å². The molecule has 0 atom stereocenters. The number of hydrogen-bond donors (Lipinski definition) is 0. The van der Waals surface area contributed by atoms with Gasteiger partial charge >= 0.3 is 0 Å². The van der Waals surface area contributed by atoms with Crippen LogP contribution in [-0.4, -0.2) is 4.98 Å². The standard InChI is InChI=1S/C18H22ClNO/c1-12-6-7-15(8-13(12)2)21-17-10-14(11-19)9-16(20-17)18(3,4)5/h6-10H,11H2,1-5H3. The molecule has 21 heavy (non-hydrogen) atoms. The van der Waals surface area contributed by atoms with Crippen molar-refractivity contribution in [3.63, 3.8) is 0 Å². The Labute approximate surface area is 132 Å². The molecule has 0 unspecified atom stereocenters. The van der Waals surface area contributed by atoms with Crippen LogP contribution in [0.1, 0.15) is 43.2 Å². The summed E-state index contributed by atoms with van der Waals surface area (Å²) >= 11 is 5.99. The van der Waals surface area contributed by atoms with E-state index >= 15 is 0 Å². The van der Waals surface area contributed by atoms with Crippen LogP contribution in [0.2, 0.25) is 0 Å². The molecular weight excluding hydrogens is 282 g/mol. The average Bonchev–Trinajstić information content (AvgIpc) is 2.41. The van der Waals surface area contributed by atoms with Gasteiger partial charge in [0.25, 0.3) is 0 Å². The molecule has 1 heterocycles. The fourth-order valence-corrected chi connectivity index (χ4v) is 2.13. The van der Waals surface area contributed by atoms with Crippen molar-refractivity contribution in [3.8, 4) is 11.6 Å². The number of ether oxygens (including phenoxy) is 1. The smallest absolute Gasteiger partial charge is 0.219 e. The van der Waals surface area contributed by atoms with Gasteiger partial charge in [0.15, 0.2) is 0 Å². The first-order valence-electron chi connectivity index (χ1n) is 7.12. The Bertz CT molecular complexity index is 644. The molecular formula is C18H22ClNO. The molecule has 0 amide bonds. The molecule has 0 aliphatic carbocycles. The number of rotatable bonds is 3. The lowest BCUT2D eigenvalue weighted by Gasteiger charge is -2.19. The maximum atomic E-state index is 5.99. The van der Waals surface area contributed by atoms with E-state index in [1.165, 1.54) is 11.1 Å². The highest BCUT2D eigenvalue weighted by molar-refractivity contribution is 6.17. The normalized spacial score (nSPS) is 11.5. The summed E-state index contributed by atoms with van der Waals surface area (Å²) in [6, 6.07) is 9.99. The van der Waals surface area contributed by atoms with Gasteiger partial charge in [-0.1, -0.05) is 26.8 Å². The Kier molecular flexibility index (Phi) is 4.58. The largest absolute Gasteiger partial charge is 0.439 e. The van der Waals surface area contributed by atoms with Crippen LogP contribution in [0.25, 0.3) is 0 Å².